The van der Waals surface area contributed by atoms with Gasteiger partial charge in [0.05, 0.1) is 6.61 Å². The maximum atomic E-state index is 5.34. The van der Waals surface area contributed by atoms with Gasteiger partial charge in [-0.25, -0.2) is 0 Å². The molecule has 1 aliphatic heterocycles. The van der Waals surface area contributed by atoms with Crippen LogP contribution in [0.3, 0.4) is 0 Å². The minimum atomic E-state index is -1.71. The van der Waals surface area contributed by atoms with Gasteiger partial charge in [0.2, 0.25) is 0 Å². The van der Waals surface area contributed by atoms with E-state index in [1.807, 2.05) is 18.2 Å². The van der Waals surface area contributed by atoms with Crippen LogP contribution in [0, 0.1) is 0 Å². The van der Waals surface area contributed by atoms with Crippen molar-refractivity contribution in [3.05, 3.63) is 23.8 Å². The Hall–Kier alpha value is -0.883. The molecule has 1 aromatic carbocycles. The Kier molecular flexibility index (Phi) is 3.37. The van der Waals surface area contributed by atoms with Gasteiger partial charge in [0.15, 0.2) is 6.79 Å². The number of hydrogen-bond acceptors (Lipinski definition) is 4. The van der Waals surface area contributed by atoms with Crippen LogP contribution in [0.2, 0.25) is 0 Å². The molecule has 15 heavy (non-hydrogen) atoms. The molecule has 0 saturated carbocycles. The molecule has 0 bridgehead atoms. The van der Waals surface area contributed by atoms with Gasteiger partial charge in [0, 0.05) is 19.8 Å². The molecular formula is C10H14O4Si. The summed E-state index contributed by atoms with van der Waals surface area (Å²) in [4.78, 5) is 0. The second-order valence-corrected chi connectivity index (χ2v) is 5.55. The maximum absolute atomic E-state index is 5.34. The molecule has 4 nitrogen and oxygen atoms in total. The van der Waals surface area contributed by atoms with E-state index in [9.17, 15) is 0 Å². The van der Waals surface area contributed by atoms with Gasteiger partial charge < -0.3 is 18.3 Å². The van der Waals surface area contributed by atoms with Gasteiger partial charge in [-0.1, -0.05) is 6.07 Å². The van der Waals surface area contributed by atoms with Gasteiger partial charge in [0.25, 0.3) is 0 Å². The van der Waals surface area contributed by atoms with E-state index in [1.54, 1.807) is 14.2 Å². The van der Waals surface area contributed by atoms with E-state index in [2.05, 4.69) is 0 Å². The zero-order valence-corrected chi connectivity index (χ0v) is 10.0. The van der Waals surface area contributed by atoms with E-state index in [4.69, 9.17) is 18.3 Å². The van der Waals surface area contributed by atoms with E-state index < -0.39 is 9.28 Å². The zero-order chi connectivity index (χ0) is 10.7. The van der Waals surface area contributed by atoms with Crippen LogP contribution in [-0.2, 0) is 20.2 Å². The quantitative estimate of drug-likeness (QED) is 0.693. The first-order chi connectivity index (χ1) is 7.35. The lowest BCUT2D eigenvalue weighted by Crippen LogP contribution is -2.35. The molecule has 2 rings (SSSR count). The summed E-state index contributed by atoms with van der Waals surface area (Å²) < 4.78 is 21.2. The summed E-state index contributed by atoms with van der Waals surface area (Å²) in [6.45, 7) is 0.930. The summed E-state index contributed by atoms with van der Waals surface area (Å²) in [6, 6.07) is 5.98. The third kappa shape index (κ3) is 2.20. The molecule has 0 saturated heterocycles. The first-order valence-electron chi connectivity index (χ1n) is 4.74. The first kappa shape index (κ1) is 10.6. The first-order valence-corrected chi connectivity index (χ1v) is 6.26. The van der Waals surface area contributed by atoms with Gasteiger partial charge in [-0.05, 0) is 17.3 Å². The van der Waals surface area contributed by atoms with Crippen LogP contribution in [0.5, 0.6) is 5.75 Å². The highest BCUT2D eigenvalue weighted by Gasteiger charge is 2.17. The smallest absolute Gasteiger partial charge is 0.355 e. The van der Waals surface area contributed by atoms with Crippen LogP contribution in [0.1, 0.15) is 5.56 Å². The average molecular weight is 226 g/mol. The van der Waals surface area contributed by atoms with Crippen molar-refractivity contribution in [2.75, 3.05) is 21.0 Å². The summed E-state index contributed by atoms with van der Waals surface area (Å²) in [5.41, 5.74) is 1.06. The molecule has 0 unspecified atom stereocenters. The third-order valence-corrected chi connectivity index (χ3v) is 4.10. The summed E-state index contributed by atoms with van der Waals surface area (Å²) in [7, 11) is 1.64. The van der Waals surface area contributed by atoms with Crippen molar-refractivity contribution >= 4 is 14.5 Å². The molecule has 0 radical (unpaired) electrons. The van der Waals surface area contributed by atoms with Gasteiger partial charge in [-0.15, -0.1) is 0 Å². The van der Waals surface area contributed by atoms with E-state index in [0.717, 1.165) is 16.5 Å². The molecule has 0 N–H and O–H groups in total. The highest BCUT2D eigenvalue weighted by atomic mass is 28.3. The zero-order valence-electron chi connectivity index (χ0n) is 8.86. The summed E-state index contributed by atoms with van der Waals surface area (Å²) in [5, 5.41) is 1.10. The van der Waals surface area contributed by atoms with E-state index in [0.29, 0.717) is 13.4 Å². The van der Waals surface area contributed by atoms with Crippen molar-refractivity contribution in [1.29, 1.82) is 0 Å². The van der Waals surface area contributed by atoms with Crippen LogP contribution in [0.25, 0.3) is 0 Å². The predicted octanol–water partition coefficient (Wildman–Crippen LogP) is 0.273. The molecule has 5 heteroatoms. The molecule has 1 aliphatic rings. The van der Waals surface area contributed by atoms with Gasteiger partial charge in [0.1, 0.15) is 5.75 Å². The fourth-order valence-electron chi connectivity index (χ4n) is 1.62. The Morgan fingerprint density at radius 2 is 2.07 bits per heavy atom. The number of rotatable bonds is 3. The number of benzene rings is 1. The Labute approximate surface area is 90.6 Å². The fraction of sp³-hybridized carbons (Fsp3) is 0.400. The lowest BCUT2D eigenvalue weighted by Gasteiger charge is -2.19. The van der Waals surface area contributed by atoms with Crippen molar-refractivity contribution in [2.45, 2.75) is 6.61 Å². The monoisotopic (exact) mass is 226 g/mol. The largest absolute Gasteiger partial charge is 0.467 e. The topological polar surface area (TPSA) is 36.9 Å². The highest BCUT2D eigenvalue weighted by Crippen LogP contribution is 2.21. The van der Waals surface area contributed by atoms with Crippen molar-refractivity contribution in [3.8, 4) is 5.75 Å². The normalized spacial score (nSPS) is 14.9. The van der Waals surface area contributed by atoms with Crippen LogP contribution in [0.15, 0.2) is 18.2 Å². The van der Waals surface area contributed by atoms with Crippen LogP contribution in [-0.4, -0.2) is 30.3 Å². The fourth-order valence-corrected chi connectivity index (χ4v) is 2.95. The molecular weight excluding hydrogens is 212 g/mol. The lowest BCUT2D eigenvalue weighted by atomic mass is 10.2. The summed E-state index contributed by atoms with van der Waals surface area (Å²) in [6.07, 6.45) is 0. The molecule has 0 aliphatic carbocycles. The Morgan fingerprint density at radius 1 is 1.27 bits per heavy atom. The third-order valence-electron chi connectivity index (χ3n) is 2.34. The molecule has 0 atom stereocenters. The lowest BCUT2D eigenvalue weighted by molar-refractivity contribution is -0.0163. The molecule has 82 valence electrons. The van der Waals surface area contributed by atoms with E-state index in [-0.39, 0.29) is 0 Å². The van der Waals surface area contributed by atoms with E-state index in [1.165, 1.54) is 0 Å². The van der Waals surface area contributed by atoms with Crippen LogP contribution < -0.4 is 9.92 Å². The Balaban J connectivity index is 2.27. The Morgan fingerprint density at radius 3 is 2.80 bits per heavy atom. The molecule has 1 heterocycles. The molecule has 0 aromatic heterocycles. The van der Waals surface area contributed by atoms with Crippen LogP contribution in [0.4, 0.5) is 0 Å². The Bertz CT molecular complexity index is 338. The highest BCUT2D eigenvalue weighted by molar-refractivity contribution is 6.61. The van der Waals surface area contributed by atoms with Crippen molar-refractivity contribution in [3.63, 3.8) is 0 Å². The molecule has 0 amide bonds. The van der Waals surface area contributed by atoms with Crippen LogP contribution >= 0.6 is 0 Å². The van der Waals surface area contributed by atoms with Gasteiger partial charge in [-0.2, -0.15) is 0 Å². The van der Waals surface area contributed by atoms with Crippen molar-refractivity contribution < 1.29 is 18.3 Å². The molecule has 0 spiro atoms. The van der Waals surface area contributed by atoms with Crippen molar-refractivity contribution in [1.82, 2.24) is 0 Å². The number of fused-ring (bicyclic) bond motifs is 1. The SMILES string of the molecule is CO[SiH](OC)c1ccc2c(c1)COCO2. The minimum absolute atomic E-state index is 0.335. The maximum Gasteiger partial charge on any atom is 0.355 e. The number of hydrogen-bond donors (Lipinski definition) is 0. The molecule has 1 aromatic rings. The second-order valence-electron chi connectivity index (χ2n) is 3.28. The van der Waals surface area contributed by atoms with Gasteiger partial charge in [-0.3, -0.25) is 0 Å². The average Bonchev–Trinajstić information content (AvgIpc) is 2.30. The van der Waals surface area contributed by atoms with Gasteiger partial charge >= 0.3 is 9.28 Å². The second kappa shape index (κ2) is 4.76. The standard InChI is InChI=1S/C10H14O4Si/c1-11-15(12-2)9-3-4-10-8(5-9)6-13-7-14-10/h3-5,15H,6-7H2,1-2H3. The molecule has 0 fully saturated rings. The summed E-state index contributed by atoms with van der Waals surface area (Å²) in [5.74, 6) is 0.893. The summed E-state index contributed by atoms with van der Waals surface area (Å²) >= 11 is 0. The van der Waals surface area contributed by atoms with Crippen molar-refractivity contribution in [2.24, 2.45) is 0 Å². The van der Waals surface area contributed by atoms with E-state index >= 15 is 0 Å². The minimum Gasteiger partial charge on any atom is -0.467 e. The predicted molar refractivity (Wildman–Crippen MR) is 57.5 cm³/mol. The number of ether oxygens (including phenoxy) is 2.